The highest BCUT2D eigenvalue weighted by Crippen LogP contribution is 2.29. The lowest BCUT2D eigenvalue weighted by atomic mass is 10.2. The Kier molecular flexibility index (Phi) is 5.64. The first-order chi connectivity index (χ1) is 11.8. The molecule has 0 saturated heterocycles. The summed E-state index contributed by atoms with van der Waals surface area (Å²) in [7, 11) is 0. The summed E-state index contributed by atoms with van der Waals surface area (Å²) in [5.74, 6) is 1.41. The van der Waals surface area contributed by atoms with Gasteiger partial charge in [-0.15, -0.1) is 11.3 Å². The highest BCUT2D eigenvalue weighted by atomic mass is 32.1. The zero-order chi connectivity index (χ0) is 16.6. The zero-order valence-corrected chi connectivity index (χ0v) is 14.1. The molecular weight excluding hydrogens is 318 g/mol. The average Bonchev–Trinajstić information content (AvgIpc) is 3.11. The summed E-state index contributed by atoms with van der Waals surface area (Å²) in [6.45, 7) is 0. The van der Waals surface area contributed by atoms with Crippen molar-refractivity contribution in [2.75, 3.05) is 5.32 Å². The Hall–Kier alpha value is -2.59. The maximum absolute atomic E-state index is 12.2. The fourth-order valence-electron chi connectivity index (χ4n) is 2.37. The molecule has 1 amide bonds. The number of carbonyl (C=O) groups excluding carboxylic acids is 1. The van der Waals surface area contributed by atoms with Gasteiger partial charge in [-0.1, -0.05) is 36.4 Å². The Bertz CT molecular complexity index is 769. The van der Waals surface area contributed by atoms with Crippen molar-refractivity contribution in [3.8, 4) is 11.5 Å². The predicted molar refractivity (Wildman–Crippen MR) is 98.8 cm³/mol. The van der Waals surface area contributed by atoms with Gasteiger partial charge >= 0.3 is 0 Å². The number of carbonyl (C=O) groups is 1. The molecule has 0 saturated carbocycles. The Balaban J connectivity index is 1.57. The van der Waals surface area contributed by atoms with E-state index in [2.05, 4.69) is 16.8 Å². The Labute approximate surface area is 145 Å². The third-order valence-corrected chi connectivity index (χ3v) is 4.48. The van der Waals surface area contributed by atoms with Crippen molar-refractivity contribution in [2.45, 2.75) is 19.3 Å². The van der Waals surface area contributed by atoms with Crippen LogP contribution >= 0.6 is 11.3 Å². The van der Waals surface area contributed by atoms with Gasteiger partial charge < -0.3 is 10.1 Å². The molecule has 0 aliphatic heterocycles. The second-order valence-corrected chi connectivity index (χ2v) is 6.42. The highest BCUT2D eigenvalue weighted by Gasteiger charge is 2.08. The lowest BCUT2D eigenvalue weighted by Gasteiger charge is -2.12. The van der Waals surface area contributed by atoms with Gasteiger partial charge in [0.25, 0.3) is 0 Å². The first kappa shape index (κ1) is 16.3. The van der Waals surface area contributed by atoms with Crippen molar-refractivity contribution >= 4 is 22.9 Å². The van der Waals surface area contributed by atoms with E-state index < -0.39 is 0 Å². The second-order valence-electron chi connectivity index (χ2n) is 5.39. The van der Waals surface area contributed by atoms with Crippen LogP contribution in [-0.2, 0) is 11.2 Å². The van der Waals surface area contributed by atoms with E-state index in [1.165, 1.54) is 4.88 Å². The minimum atomic E-state index is 0.00988. The van der Waals surface area contributed by atoms with Gasteiger partial charge in [0.05, 0.1) is 5.69 Å². The van der Waals surface area contributed by atoms with Crippen LogP contribution in [-0.4, -0.2) is 5.91 Å². The van der Waals surface area contributed by atoms with E-state index in [1.807, 2.05) is 60.7 Å². The number of hydrogen-bond donors (Lipinski definition) is 1. The minimum absolute atomic E-state index is 0.00988. The number of anilines is 1. The maximum Gasteiger partial charge on any atom is 0.224 e. The molecule has 0 bridgehead atoms. The van der Waals surface area contributed by atoms with E-state index in [-0.39, 0.29) is 5.91 Å². The Morgan fingerprint density at radius 3 is 2.54 bits per heavy atom. The van der Waals surface area contributed by atoms with Crippen LogP contribution < -0.4 is 10.1 Å². The smallest absolute Gasteiger partial charge is 0.224 e. The van der Waals surface area contributed by atoms with E-state index in [9.17, 15) is 4.79 Å². The number of para-hydroxylation sites is 3. The molecular formula is C20H19NO2S. The summed E-state index contributed by atoms with van der Waals surface area (Å²) in [4.78, 5) is 13.5. The van der Waals surface area contributed by atoms with Crippen LogP contribution in [0.4, 0.5) is 5.69 Å². The van der Waals surface area contributed by atoms with Gasteiger partial charge in [0.15, 0.2) is 5.75 Å². The zero-order valence-electron chi connectivity index (χ0n) is 13.3. The number of benzene rings is 2. The molecule has 0 aliphatic carbocycles. The van der Waals surface area contributed by atoms with Crippen LogP contribution in [0.2, 0.25) is 0 Å². The maximum atomic E-state index is 12.2. The van der Waals surface area contributed by atoms with Crippen LogP contribution in [0.1, 0.15) is 17.7 Å². The summed E-state index contributed by atoms with van der Waals surface area (Å²) < 4.78 is 5.86. The molecule has 1 heterocycles. The van der Waals surface area contributed by atoms with E-state index in [0.29, 0.717) is 17.9 Å². The third kappa shape index (κ3) is 4.70. The van der Waals surface area contributed by atoms with Gasteiger partial charge in [0.2, 0.25) is 5.91 Å². The molecule has 0 unspecified atom stereocenters. The van der Waals surface area contributed by atoms with Crippen molar-refractivity contribution in [3.05, 3.63) is 77.0 Å². The van der Waals surface area contributed by atoms with Crippen LogP contribution in [0.3, 0.4) is 0 Å². The normalized spacial score (nSPS) is 10.3. The fourth-order valence-corrected chi connectivity index (χ4v) is 3.12. The molecule has 4 heteroatoms. The summed E-state index contributed by atoms with van der Waals surface area (Å²) in [6.07, 6.45) is 2.28. The van der Waals surface area contributed by atoms with Crippen molar-refractivity contribution < 1.29 is 9.53 Å². The molecule has 0 radical (unpaired) electrons. The van der Waals surface area contributed by atoms with Crippen molar-refractivity contribution in [3.63, 3.8) is 0 Å². The Morgan fingerprint density at radius 1 is 0.958 bits per heavy atom. The first-order valence-corrected chi connectivity index (χ1v) is 8.83. The van der Waals surface area contributed by atoms with Crippen molar-refractivity contribution in [1.29, 1.82) is 0 Å². The van der Waals surface area contributed by atoms with E-state index in [1.54, 1.807) is 11.3 Å². The molecule has 1 N–H and O–H groups in total. The molecule has 3 aromatic rings. The average molecular weight is 337 g/mol. The lowest BCUT2D eigenvalue weighted by Crippen LogP contribution is -2.12. The van der Waals surface area contributed by atoms with E-state index in [4.69, 9.17) is 4.74 Å². The molecule has 3 nitrogen and oxygen atoms in total. The number of hydrogen-bond acceptors (Lipinski definition) is 3. The molecule has 0 fully saturated rings. The quantitative estimate of drug-likeness (QED) is 0.618. The number of thiophene rings is 1. The first-order valence-electron chi connectivity index (χ1n) is 7.95. The van der Waals surface area contributed by atoms with Crippen LogP contribution in [0.15, 0.2) is 72.1 Å². The summed E-state index contributed by atoms with van der Waals surface area (Å²) >= 11 is 1.73. The topological polar surface area (TPSA) is 38.3 Å². The standard InChI is InChI=1S/C20H19NO2S/c22-20(14-6-10-17-11-7-15-24-17)21-18-12-4-5-13-19(18)23-16-8-2-1-3-9-16/h1-5,7-9,11-13,15H,6,10,14H2,(H,21,22). The number of aryl methyl sites for hydroxylation is 1. The van der Waals surface area contributed by atoms with Crippen LogP contribution in [0.5, 0.6) is 11.5 Å². The monoisotopic (exact) mass is 337 g/mol. The van der Waals surface area contributed by atoms with E-state index in [0.717, 1.165) is 18.6 Å². The van der Waals surface area contributed by atoms with Gasteiger partial charge in [-0.05, 0) is 48.6 Å². The van der Waals surface area contributed by atoms with Gasteiger partial charge in [-0.25, -0.2) is 0 Å². The van der Waals surface area contributed by atoms with Crippen LogP contribution in [0, 0.1) is 0 Å². The molecule has 3 rings (SSSR count). The second kappa shape index (κ2) is 8.31. The molecule has 122 valence electrons. The Morgan fingerprint density at radius 2 is 1.75 bits per heavy atom. The van der Waals surface area contributed by atoms with Gasteiger partial charge in [-0.2, -0.15) is 0 Å². The summed E-state index contributed by atoms with van der Waals surface area (Å²) in [5.41, 5.74) is 0.697. The molecule has 1 aromatic heterocycles. The molecule has 0 aliphatic rings. The van der Waals surface area contributed by atoms with Gasteiger partial charge in [0, 0.05) is 11.3 Å². The predicted octanol–water partition coefficient (Wildman–Crippen LogP) is 5.50. The number of ether oxygens (including phenoxy) is 1. The minimum Gasteiger partial charge on any atom is -0.455 e. The van der Waals surface area contributed by atoms with Gasteiger partial charge in [-0.3, -0.25) is 4.79 Å². The van der Waals surface area contributed by atoms with Crippen LogP contribution in [0.25, 0.3) is 0 Å². The number of rotatable bonds is 7. The molecule has 0 spiro atoms. The number of amides is 1. The third-order valence-electron chi connectivity index (χ3n) is 3.54. The molecule has 24 heavy (non-hydrogen) atoms. The largest absolute Gasteiger partial charge is 0.455 e. The fraction of sp³-hybridized carbons (Fsp3) is 0.150. The van der Waals surface area contributed by atoms with Crippen molar-refractivity contribution in [1.82, 2.24) is 0 Å². The van der Waals surface area contributed by atoms with E-state index >= 15 is 0 Å². The highest BCUT2D eigenvalue weighted by molar-refractivity contribution is 7.09. The summed E-state index contributed by atoms with van der Waals surface area (Å²) in [5, 5.41) is 5.01. The lowest BCUT2D eigenvalue weighted by molar-refractivity contribution is -0.116. The molecule has 0 atom stereocenters. The SMILES string of the molecule is O=C(CCCc1cccs1)Nc1ccccc1Oc1ccccc1. The molecule has 2 aromatic carbocycles. The number of nitrogens with one attached hydrogen (secondary N) is 1. The summed E-state index contributed by atoms with van der Waals surface area (Å²) in [6, 6.07) is 21.2. The van der Waals surface area contributed by atoms with Crippen molar-refractivity contribution in [2.24, 2.45) is 0 Å². The van der Waals surface area contributed by atoms with Gasteiger partial charge in [0.1, 0.15) is 5.75 Å².